The zero-order valence-corrected chi connectivity index (χ0v) is 14.0. The summed E-state index contributed by atoms with van der Waals surface area (Å²) in [5.41, 5.74) is 2.04. The van der Waals surface area contributed by atoms with Gasteiger partial charge in [-0.15, -0.1) is 11.8 Å². The number of ether oxygens (including phenoxy) is 1. The van der Waals surface area contributed by atoms with Crippen molar-refractivity contribution in [3.8, 4) is 5.75 Å². The van der Waals surface area contributed by atoms with Crippen molar-refractivity contribution in [2.24, 2.45) is 0 Å². The van der Waals surface area contributed by atoms with Crippen molar-refractivity contribution < 1.29 is 4.74 Å². The van der Waals surface area contributed by atoms with Gasteiger partial charge in [0.15, 0.2) is 5.16 Å². The maximum absolute atomic E-state index is 12.2. The minimum Gasteiger partial charge on any atom is -0.497 e. The Labute approximate surface area is 135 Å². The van der Waals surface area contributed by atoms with Crippen LogP contribution in [0.5, 0.6) is 5.75 Å². The van der Waals surface area contributed by atoms with E-state index in [1.807, 2.05) is 30.5 Å². The molecule has 0 bridgehead atoms. The van der Waals surface area contributed by atoms with Crippen LogP contribution in [0.2, 0.25) is 0 Å². The maximum Gasteiger partial charge on any atom is 0.265 e. The molecule has 0 fully saturated rings. The fourth-order valence-electron chi connectivity index (χ4n) is 2.02. The highest BCUT2D eigenvalue weighted by Crippen LogP contribution is 2.49. The van der Waals surface area contributed by atoms with Gasteiger partial charge in [-0.3, -0.25) is 4.79 Å². The number of hydrogen-bond donors (Lipinski definition) is 1. The number of benzene rings is 1. The van der Waals surface area contributed by atoms with Crippen molar-refractivity contribution in [3.63, 3.8) is 0 Å². The van der Waals surface area contributed by atoms with Crippen molar-refractivity contribution in [1.82, 2.24) is 9.97 Å². The van der Waals surface area contributed by atoms with E-state index in [4.69, 9.17) is 4.74 Å². The third-order valence-electron chi connectivity index (χ3n) is 3.10. The van der Waals surface area contributed by atoms with Gasteiger partial charge < -0.3 is 9.72 Å². The molecule has 1 aliphatic rings. The molecule has 1 N–H and O–H groups in total. The summed E-state index contributed by atoms with van der Waals surface area (Å²) in [6, 6.07) is 8.00. The summed E-state index contributed by atoms with van der Waals surface area (Å²) in [5.74, 6) is 1.60. The minimum atomic E-state index is -0.0341. The van der Waals surface area contributed by atoms with Gasteiger partial charge >= 0.3 is 0 Å². The largest absolute Gasteiger partial charge is 0.497 e. The van der Waals surface area contributed by atoms with E-state index in [2.05, 4.69) is 9.97 Å². The molecule has 0 spiro atoms. The van der Waals surface area contributed by atoms with E-state index in [-0.39, 0.29) is 10.1 Å². The normalized spacial score (nSPS) is 17.3. The van der Waals surface area contributed by atoms with E-state index in [0.717, 1.165) is 22.1 Å². The van der Waals surface area contributed by atoms with Crippen LogP contribution in [-0.4, -0.2) is 23.3 Å². The second kappa shape index (κ2) is 6.37. The van der Waals surface area contributed by atoms with Crippen molar-refractivity contribution >= 4 is 35.3 Å². The average Bonchev–Trinajstić information content (AvgIpc) is 2.54. The summed E-state index contributed by atoms with van der Waals surface area (Å²) in [5, 5.41) is 0.683. The number of H-pyrrole nitrogens is 1. The number of fused-ring (bicyclic) bond motifs is 1. The molecule has 1 atom stereocenters. The molecule has 1 unspecified atom stereocenters. The number of aromatic nitrogens is 2. The average molecular weight is 338 g/mol. The van der Waals surface area contributed by atoms with Gasteiger partial charge in [0, 0.05) is 5.75 Å². The van der Waals surface area contributed by atoms with Crippen LogP contribution in [0.15, 0.2) is 39.1 Å². The maximum atomic E-state index is 12.2. The van der Waals surface area contributed by atoms with E-state index < -0.39 is 0 Å². The number of thioether (sulfide) groups is 3. The van der Waals surface area contributed by atoms with Crippen LogP contribution in [0.4, 0.5) is 0 Å². The zero-order valence-electron chi connectivity index (χ0n) is 11.6. The monoisotopic (exact) mass is 338 g/mol. The predicted octanol–water partition coefficient (Wildman–Crippen LogP) is 3.54. The third kappa shape index (κ3) is 3.09. The molecule has 1 aliphatic heterocycles. The fraction of sp³-hybridized carbons (Fsp3) is 0.286. The van der Waals surface area contributed by atoms with Crippen molar-refractivity contribution in [2.45, 2.75) is 20.4 Å². The highest BCUT2D eigenvalue weighted by molar-refractivity contribution is 8.16. The Hall–Kier alpha value is -1.05. The second-order valence-corrected chi connectivity index (χ2v) is 7.69. The van der Waals surface area contributed by atoms with E-state index in [9.17, 15) is 4.79 Å². The van der Waals surface area contributed by atoms with E-state index in [0.29, 0.717) is 5.16 Å². The number of aromatic amines is 1. The minimum absolute atomic E-state index is 0.0341. The third-order valence-corrected chi connectivity index (χ3v) is 6.54. The Morgan fingerprint density at radius 2 is 2.14 bits per heavy atom. The molecular weight excluding hydrogens is 324 g/mol. The smallest absolute Gasteiger partial charge is 0.265 e. The van der Waals surface area contributed by atoms with Gasteiger partial charge in [-0.05, 0) is 24.0 Å². The van der Waals surface area contributed by atoms with Crippen LogP contribution in [0.1, 0.15) is 15.8 Å². The van der Waals surface area contributed by atoms with Crippen LogP contribution < -0.4 is 10.3 Å². The molecule has 4 nitrogen and oxygen atoms in total. The predicted molar refractivity (Wildman–Crippen MR) is 89.5 cm³/mol. The van der Waals surface area contributed by atoms with Crippen molar-refractivity contribution in [1.29, 1.82) is 0 Å². The van der Waals surface area contributed by atoms with Crippen molar-refractivity contribution in [3.05, 3.63) is 45.9 Å². The number of methoxy groups -OCH3 is 1. The summed E-state index contributed by atoms with van der Waals surface area (Å²) >= 11 is 4.83. The lowest BCUT2D eigenvalue weighted by atomic mass is 10.2. The van der Waals surface area contributed by atoms with Crippen LogP contribution in [0.3, 0.4) is 0 Å². The Morgan fingerprint density at radius 3 is 2.81 bits per heavy atom. The standard InChI is InChI=1S/C14H14N2O2S3/c1-18-9-5-3-8(4-6-9)13-20-7-10-11(21-13)12(17)16-14(15-10)19-2/h3-6,13H,7H2,1-2H3,(H,15,16,17). The molecule has 7 heteroatoms. The molecule has 110 valence electrons. The molecule has 0 saturated heterocycles. The molecule has 1 aromatic carbocycles. The van der Waals surface area contributed by atoms with E-state index in [1.54, 1.807) is 30.6 Å². The highest BCUT2D eigenvalue weighted by Gasteiger charge is 2.25. The summed E-state index contributed by atoms with van der Waals surface area (Å²) in [7, 11) is 1.66. The Balaban J connectivity index is 1.88. The van der Waals surface area contributed by atoms with Crippen LogP contribution in [0.25, 0.3) is 0 Å². The molecule has 1 aromatic heterocycles. The Kier molecular flexibility index (Phi) is 4.51. The molecule has 2 aromatic rings. The van der Waals surface area contributed by atoms with Gasteiger partial charge in [0.05, 0.1) is 22.3 Å². The quantitative estimate of drug-likeness (QED) is 0.682. The first kappa shape index (κ1) is 14.9. The topological polar surface area (TPSA) is 55.0 Å². The summed E-state index contributed by atoms with van der Waals surface area (Å²) in [4.78, 5) is 20.2. The number of hydrogen-bond acceptors (Lipinski definition) is 6. The summed E-state index contributed by atoms with van der Waals surface area (Å²) in [6.45, 7) is 0. The Morgan fingerprint density at radius 1 is 1.38 bits per heavy atom. The van der Waals surface area contributed by atoms with E-state index in [1.165, 1.54) is 17.3 Å². The van der Waals surface area contributed by atoms with Gasteiger partial charge in [-0.1, -0.05) is 35.7 Å². The summed E-state index contributed by atoms with van der Waals surface area (Å²) < 4.78 is 5.39. The molecular formula is C14H14N2O2S3. The number of nitrogens with one attached hydrogen (secondary N) is 1. The van der Waals surface area contributed by atoms with Gasteiger partial charge in [0.1, 0.15) is 5.75 Å². The molecule has 0 saturated carbocycles. The highest BCUT2D eigenvalue weighted by atomic mass is 32.2. The lowest BCUT2D eigenvalue weighted by molar-refractivity contribution is 0.414. The first-order chi connectivity index (χ1) is 10.2. The molecule has 21 heavy (non-hydrogen) atoms. The molecule has 0 amide bonds. The van der Waals surface area contributed by atoms with Gasteiger partial charge in [0.2, 0.25) is 0 Å². The zero-order chi connectivity index (χ0) is 14.8. The van der Waals surface area contributed by atoms with Crippen LogP contribution in [-0.2, 0) is 5.75 Å². The number of nitrogens with zero attached hydrogens (tertiary/aromatic N) is 1. The van der Waals surface area contributed by atoms with Gasteiger partial charge in [-0.2, -0.15) is 0 Å². The Bertz CT molecular complexity index is 700. The molecule has 0 aliphatic carbocycles. The number of rotatable bonds is 3. The SMILES string of the molecule is COc1ccc(C2SCc3nc(SC)[nH]c(=O)c3S2)cc1. The van der Waals surface area contributed by atoms with Crippen LogP contribution >= 0.6 is 35.3 Å². The first-order valence-corrected chi connectivity index (χ1v) is 9.46. The van der Waals surface area contributed by atoms with Crippen molar-refractivity contribution in [2.75, 3.05) is 13.4 Å². The first-order valence-electron chi connectivity index (χ1n) is 6.30. The van der Waals surface area contributed by atoms with E-state index >= 15 is 0 Å². The van der Waals surface area contributed by atoms with Gasteiger partial charge in [0.25, 0.3) is 5.56 Å². The lowest BCUT2D eigenvalue weighted by Crippen LogP contribution is -2.17. The van der Waals surface area contributed by atoms with Gasteiger partial charge in [-0.25, -0.2) is 4.98 Å². The van der Waals surface area contributed by atoms with Crippen LogP contribution in [0, 0.1) is 0 Å². The fourth-order valence-corrected chi connectivity index (χ4v) is 5.06. The molecule has 2 heterocycles. The lowest BCUT2D eigenvalue weighted by Gasteiger charge is -2.22. The second-order valence-electron chi connectivity index (χ2n) is 4.38. The molecule has 0 radical (unpaired) electrons. The molecule has 3 rings (SSSR count). The summed E-state index contributed by atoms with van der Waals surface area (Å²) in [6.07, 6.45) is 1.91.